The summed E-state index contributed by atoms with van der Waals surface area (Å²) >= 11 is 6.00. The number of hydrogen-bond acceptors (Lipinski definition) is 2. The zero-order chi connectivity index (χ0) is 15.1. The highest BCUT2D eigenvalue weighted by molar-refractivity contribution is 6.31. The van der Waals surface area contributed by atoms with Crippen molar-refractivity contribution in [2.75, 3.05) is 18.5 Å². The molecule has 2 aromatic rings. The molecule has 2 aromatic carbocycles. The third-order valence-corrected chi connectivity index (χ3v) is 3.24. The van der Waals surface area contributed by atoms with Crippen LogP contribution in [0, 0.1) is 6.92 Å². The van der Waals surface area contributed by atoms with Gasteiger partial charge in [0, 0.05) is 10.7 Å². The van der Waals surface area contributed by atoms with Gasteiger partial charge in [0.1, 0.15) is 12.4 Å². The van der Waals surface area contributed by atoms with E-state index in [0.717, 1.165) is 11.3 Å². The zero-order valence-corrected chi connectivity index (χ0v) is 12.5. The molecule has 5 heteroatoms. The van der Waals surface area contributed by atoms with Gasteiger partial charge in [0.05, 0.1) is 6.54 Å². The Kier molecular flexibility index (Phi) is 5.46. The average Bonchev–Trinajstić information content (AvgIpc) is 2.49. The Morgan fingerprint density at radius 2 is 1.95 bits per heavy atom. The number of carbonyl (C=O) groups is 1. The first-order valence-corrected chi connectivity index (χ1v) is 7.02. The third kappa shape index (κ3) is 5.00. The molecule has 2 N–H and O–H groups in total. The zero-order valence-electron chi connectivity index (χ0n) is 11.7. The molecule has 0 unspecified atom stereocenters. The first-order chi connectivity index (χ1) is 10.1. The molecule has 110 valence electrons. The quantitative estimate of drug-likeness (QED) is 0.824. The molecule has 0 saturated carbocycles. The van der Waals surface area contributed by atoms with Gasteiger partial charge in [-0.05, 0) is 36.8 Å². The van der Waals surface area contributed by atoms with Crippen LogP contribution in [0.15, 0.2) is 48.5 Å². The summed E-state index contributed by atoms with van der Waals surface area (Å²) in [6.07, 6.45) is 0. The third-order valence-electron chi connectivity index (χ3n) is 2.83. The maximum atomic E-state index is 11.7. The Morgan fingerprint density at radius 1 is 1.19 bits per heavy atom. The highest BCUT2D eigenvalue weighted by atomic mass is 35.5. The number of hydrogen-bond donors (Lipinski definition) is 2. The van der Waals surface area contributed by atoms with Gasteiger partial charge in [0.25, 0.3) is 0 Å². The van der Waals surface area contributed by atoms with Gasteiger partial charge in [-0.1, -0.05) is 35.9 Å². The van der Waals surface area contributed by atoms with Crippen LogP contribution in [0.3, 0.4) is 0 Å². The topological polar surface area (TPSA) is 50.4 Å². The number of urea groups is 1. The molecular formula is C16H17ClN2O2. The van der Waals surface area contributed by atoms with Gasteiger partial charge in [-0.15, -0.1) is 0 Å². The standard InChI is InChI=1S/C16H17ClN2O2/c1-12-7-8-13(11-15(12)17)19-16(20)18-9-10-21-14-5-3-2-4-6-14/h2-8,11H,9-10H2,1H3,(H2,18,19,20). The van der Waals surface area contributed by atoms with Gasteiger partial charge in [-0.25, -0.2) is 4.79 Å². The number of amides is 2. The lowest BCUT2D eigenvalue weighted by molar-refractivity contribution is 0.247. The molecule has 0 aromatic heterocycles. The molecule has 0 aliphatic heterocycles. The normalized spacial score (nSPS) is 10.0. The number of carbonyl (C=O) groups excluding carboxylic acids is 1. The second-order valence-corrected chi connectivity index (χ2v) is 4.91. The number of aryl methyl sites for hydroxylation is 1. The molecule has 21 heavy (non-hydrogen) atoms. The lowest BCUT2D eigenvalue weighted by Crippen LogP contribution is -2.32. The predicted octanol–water partition coefficient (Wildman–Crippen LogP) is 3.85. The summed E-state index contributed by atoms with van der Waals surface area (Å²) in [6, 6.07) is 14.6. The molecule has 0 spiro atoms. The Bertz CT molecular complexity index is 602. The fourth-order valence-corrected chi connectivity index (χ4v) is 1.88. The van der Waals surface area contributed by atoms with Crippen molar-refractivity contribution in [3.05, 3.63) is 59.1 Å². The number of anilines is 1. The lowest BCUT2D eigenvalue weighted by Gasteiger charge is -2.09. The van der Waals surface area contributed by atoms with E-state index >= 15 is 0 Å². The van der Waals surface area contributed by atoms with Crippen LogP contribution in [0.2, 0.25) is 5.02 Å². The maximum Gasteiger partial charge on any atom is 0.319 e. The Balaban J connectivity index is 1.71. The van der Waals surface area contributed by atoms with Crippen LogP contribution < -0.4 is 15.4 Å². The average molecular weight is 305 g/mol. The maximum absolute atomic E-state index is 11.7. The Labute approximate surface area is 129 Å². The summed E-state index contributed by atoms with van der Waals surface area (Å²) in [6.45, 7) is 2.74. The first kappa shape index (κ1) is 15.2. The molecule has 0 aliphatic carbocycles. The molecule has 0 bridgehead atoms. The van der Waals surface area contributed by atoms with E-state index in [0.29, 0.717) is 23.9 Å². The van der Waals surface area contributed by atoms with Crippen molar-refractivity contribution in [2.24, 2.45) is 0 Å². The van der Waals surface area contributed by atoms with Gasteiger partial charge < -0.3 is 15.4 Å². The molecule has 0 aliphatic rings. The minimum absolute atomic E-state index is 0.286. The van der Waals surface area contributed by atoms with Crippen LogP contribution in [0.25, 0.3) is 0 Å². The van der Waals surface area contributed by atoms with Crippen molar-refractivity contribution >= 4 is 23.3 Å². The summed E-state index contributed by atoms with van der Waals surface area (Å²) in [7, 11) is 0. The van der Waals surface area contributed by atoms with E-state index in [2.05, 4.69) is 10.6 Å². The van der Waals surface area contributed by atoms with E-state index in [4.69, 9.17) is 16.3 Å². The van der Waals surface area contributed by atoms with E-state index in [1.807, 2.05) is 43.3 Å². The van der Waals surface area contributed by atoms with E-state index in [-0.39, 0.29) is 6.03 Å². The SMILES string of the molecule is Cc1ccc(NC(=O)NCCOc2ccccc2)cc1Cl. The molecule has 0 atom stereocenters. The van der Waals surface area contributed by atoms with Gasteiger partial charge >= 0.3 is 6.03 Å². The number of ether oxygens (including phenoxy) is 1. The molecular weight excluding hydrogens is 288 g/mol. The second kappa shape index (κ2) is 7.55. The van der Waals surface area contributed by atoms with E-state index < -0.39 is 0 Å². The van der Waals surface area contributed by atoms with Crippen LogP contribution in [0.5, 0.6) is 5.75 Å². The molecule has 0 saturated heterocycles. The van der Waals surface area contributed by atoms with Gasteiger partial charge in [-0.3, -0.25) is 0 Å². The highest BCUT2D eigenvalue weighted by Gasteiger charge is 2.03. The van der Waals surface area contributed by atoms with Gasteiger partial charge in [0.2, 0.25) is 0 Å². The fourth-order valence-electron chi connectivity index (χ4n) is 1.70. The number of benzene rings is 2. The lowest BCUT2D eigenvalue weighted by atomic mass is 10.2. The number of nitrogens with one attached hydrogen (secondary N) is 2. The van der Waals surface area contributed by atoms with Crippen molar-refractivity contribution in [2.45, 2.75) is 6.92 Å². The van der Waals surface area contributed by atoms with Crippen molar-refractivity contribution < 1.29 is 9.53 Å². The molecule has 0 fully saturated rings. The minimum Gasteiger partial charge on any atom is -0.492 e. The van der Waals surface area contributed by atoms with Crippen LogP contribution >= 0.6 is 11.6 Å². The van der Waals surface area contributed by atoms with E-state index in [1.165, 1.54) is 0 Å². The molecule has 4 nitrogen and oxygen atoms in total. The van der Waals surface area contributed by atoms with Crippen LogP contribution in [0.1, 0.15) is 5.56 Å². The van der Waals surface area contributed by atoms with Crippen molar-refractivity contribution in [3.63, 3.8) is 0 Å². The summed E-state index contributed by atoms with van der Waals surface area (Å²) in [5.41, 5.74) is 1.63. The van der Waals surface area contributed by atoms with Crippen LogP contribution in [0.4, 0.5) is 10.5 Å². The Morgan fingerprint density at radius 3 is 2.67 bits per heavy atom. The summed E-state index contributed by atoms with van der Waals surface area (Å²) in [4.78, 5) is 11.7. The van der Waals surface area contributed by atoms with Crippen molar-refractivity contribution in [1.82, 2.24) is 5.32 Å². The van der Waals surface area contributed by atoms with Crippen molar-refractivity contribution in [1.29, 1.82) is 0 Å². The Hall–Kier alpha value is -2.20. The minimum atomic E-state index is -0.286. The van der Waals surface area contributed by atoms with Gasteiger partial charge in [-0.2, -0.15) is 0 Å². The number of halogens is 1. The van der Waals surface area contributed by atoms with Crippen LogP contribution in [-0.2, 0) is 0 Å². The van der Waals surface area contributed by atoms with Crippen molar-refractivity contribution in [3.8, 4) is 5.75 Å². The largest absolute Gasteiger partial charge is 0.492 e. The van der Waals surface area contributed by atoms with E-state index in [1.54, 1.807) is 12.1 Å². The summed E-state index contributed by atoms with van der Waals surface area (Å²) in [5.74, 6) is 0.782. The second-order valence-electron chi connectivity index (χ2n) is 4.51. The summed E-state index contributed by atoms with van der Waals surface area (Å²) < 4.78 is 5.48. The predicted molar refractivity (Wildman–Crippen MR) is 85.1 cm³/mol. The van der Waals surface area contributed by atoms with E-state index in [9.17, 15) is 4.79 Å². The monoisotopic (exact) mass is 304 g/mol. The summed E-state index contributed by atoms with van der Waals surface area (Å²) in [5, 5.41) is 6.06. The first-order valence-electron chi connectivity index (χ1n) is 6.64. The molecule has 2 rings (SSSR count). The molecule has 0 radical (unpaired) electrons. The number of rotatable bonds is 5. The molecule has 0 heterocycles. The van der Waals surface area contributed by atoms with Gasteiger partial charge in [0.15, 0.2) is 0 Å². The molecule has 2 amide bonds. The smallest absolute Gasteiger partial charge is 0.319 e. The number of para-hydroxylation sites is 1. The fraction of sp³-hybridized carbons (Fsp3) is 0.188. The highest BCUT2D eigenvalue weighted by Crippen LogP contribution is 2.19. The van der Waals surface area contributed by atoms with Crippen LogP contribution in [-0.4, -0.2) is 19.2 Å².